The van der Waals surface area contributed by atoms with Gasteiger partial charge in [0, 0.05) is 31.9 Å². The van der Waals surface area contributed by atoms with Crippen LogP contribution in [0.3, 0.4) is 0 Å². The van der Waals surface area contributed by atoms with Crippen LogP contribution in [0.25, 0.3) is 0 Å². The van der Waals surface area contributed by atoms with Crippen LogP contribution in [-0.4, -0.2) is 81.5 Å². The zero-order valence-electron chi connectivity index (χ0n) is 21.0. The number of hydrogen-bond acceptors (Lipinski definition) is 9. The minimum Gasteiger partial charge on any atom is -0.459 e. The van der Waals surface area contributed by atoms with Crippen LogP contribution in [0, 0.1) is 5.41 Å². The van der Waals surface area contributed by atoms with E-state index in [4.69, 9.17) is 9.84 Å². The molecule has 15 heteroatoms. The van der Waals surface area contributed by atoms with Gasteiger partial charge < -0.3 is 25.0 Å². The number of sulfonamides is 1. The van der Waals surface area contributed by atoms with Crippen molar-refractivity contribution in [3.63, 3.8) is 0 Å². The number of ether oxygens (including phenoxy) is 1. The van der Waals surface area contributed by atoms with Crippen LogP contribution < -0.4 is 24.6 Å². The van der Waals surface area contributed by atoms with Gasteiger partial charge in [0.1, 0.15) is 5.82 Å². The SMILES string of the molecule is O=C(Nc1ccc(OCF)c(N2CC(F)(F)C2)n1)c1cnc(S(=O)(=O)NCCO)cc1N1CCC2(CC1)CC2. The number of halogens is 3. The lowest BCUT2D eigenvalue weighted by molar-refractivity contribution is -0.0270. The van der Waals surface area contributed by atoms with Crippen LogP contribution in [-0.2, 0) is 10.0 Å². The summed E-state index contributed by atoms with van der Waals surface area (Å²) in [6, 6.07) is 4.01. The van der Waals surface area contributed by atoms with Crippen molar-refractivity contribution in [1.82, 2.24) is 14.7 Å². The van der Waals surface area contributed by atoms with Gasteiger partial charge in [-0.25, -0.2) is 36.3 Å². The van der Waals surface area contributed by atoms with Crippen molar-refractivity contribution >= 4 is 33.3 Å². The van der Waals surface area contributed by atoms with Crippen LogP contribution in [0.1, 0.15) is 36.0 Å². The van der Waals surface area contributed by atoms with Crippen molar-refractivity contribution in [2.45, 2.75) is 36.6 Å². The second kappa shape index (κ2) is 10.4. The third-order valence-electron chi connectivity index (χ3n) is 7.34. The van der Waals surface area contributed by atoms with E-state index < -0.39 is 41.8 Å². The Morgan fingerprint density at radius 3 is 2.46 bits per heavy atom. The molecule has 0 aromatic carbocycles. The number of carbonyl (C=O) groups is 1. The van der Waals surface area contributed by atoms with Crippen LogP contribution >= 0.6 is 0 Å². The van der Waals surface area contributed by atoms with Crippen LogP contribution in [0.15, 0.2) is 29.4 Å². The number of hydrogen-bond donors (Lipinski definition) is 3. The average molecular weight is 571 g/mol. The maximum Gasteiger partial charge on any atom is 0.282 e. The Morgan fingerprint density at radius 1 is 1.13 bits per heavy atom. The topological polar surface area (TPSA) is 137 Å². The molecule has 1 saturated carbocycles. The molecule has 2 saturated heterocycles. The molecule has 11 nitrogen and oxygen atoms in total. The molecule has 3 fully saturated rings. The van der Waals surface area contributed by atoms with Gasteiger partial charge in [-0.2, -0.15) is 0 Å². The highest BCUT2D eigenvalue weighted by molar-refractivity contribution is 7.89. The zero-order valence-corrected chi connectivity index (χ0v) is 21.8. The summed E-state index contributed by atoms with van der Waals surface area (Å²) in [5.74, 6) is -3.60. The van der Waals surface area contributed by atoms with Crippen LogP contribution in [0.2, 0.25) is 0 Å². The number of pyridine rings is 2. The molecule has 2 aromatic heterocycles. The van der Waals surface area contributed by atoms with Crippen LogP contribution in [0.5, 0.6) is 5.75 Å². The molecule has 0 atom stereocenters. The lowest BCUT2D eigenvalue weighted by Gasteiger charge is -2.40. The predicted molar refractivity (Wildman–Crippen MR) is 136 cm³/mol. The highest BCUT2D eigenvalue weighted by Crippen LogP contribution is 2.54. The summed E-state index contributed by atoms with van der Waals surface area (Å²) in [6.45, 7) is -1.73. The summed E-state index contributed by atoms with van der Waals surface area (Å²) in [5.41, 5.74) is 0.814. The molecule has 1 amide bonds. The molecule has 3 aliphatic rings. The maximum atomic E-state index is 13.5. The number of nitrogens with zero attached hydrogens (tertiary/aromatic N) is 4. The number of aliphatic hydroxyl groups excluding tert-OH is 1. The van der Waals surface area contributed by atoms with Gasteiger partial charge in [-0.1, -0.05) is 0 Å². The molecule has 0 bridgehead atoms. The number of aliphatic hydroxyl groups is 1. The Bertz CT molecular complexity index is 1340. The normalized spacial score (nSPS) is 19.5. The minimum atomic E-state index is -4.03. The number of piperidine rings is 1. The molecule has 2 aromatic rings. The average Bonchev–Trinajstić information content (AvgIpc) is 3.65. The van der Waals surface area contributed by atoms with E-state index in [2.05, 4.69) is 20.0 Å². The van der Waals surface area contributed by atoms with Gasteiger partial charge in [0.05, 0.1) is 30.9 Å². The zero-order chi connectivity index (χ0) is 27.8. The molecule has 4 heterocycles. The summed E-state index contributed by atoms with van der Waals surface area (Å²) in [4.78, 5) is 24.8. The Balaban J connectivity index is 1.42. The first-order valence-electron chi connectivity index (χ1n) is 12.5. The molecule has 1 spiro atoms. The fourth-order valence-corrected chi connectivity index (χ4v) is 5.88. The monoisotopic (exact) mass is 570 g/mol. The molecule has 212 valence electrons. The predicted octanol–water partition coefficient (Wildman–Crippen LogP) is 2.14. The van der Waals surface area contributed by atoms with E-state index in [9.17, 15) is 26.4 Å². The first-order chi connectivity index (χ1) is 18.5. The molecule has 39 heavy (non-hydrogen) atoms. The number of amides is 1. The molecule has 2 aliphatic heterocycles. The number of anilines is 3. The van der Waals surface area contributed by atoms with E-state index in [0.29, 0.717) is 24.2 Å². The third kappa shape index (κ3) is 5.89. The fraction of sp³-hybridized carbons (Fsp3) is 0.542. The van der Waals surface area contributed by atoms with Crippen molar-refractivity contribution in [2.24, 2.45) is 5.41 Å². The second-order valence-corrected chi connectivity index (χ2v) is 11.8. The standard InChI is InChI=1S/C24H29F3N6O5S/c25-15-38-18-1-2-19(30-21(18)33-13-24(26,27)14-33)31-22(35)16-12-28-20(39(36,37)29-7-10-34)11-17(16)32-8-5-23(3-4-23)6-9-32/h1-2,11-12,29,34H,3-10,13-15H2,(H,30,31,35). The second-order valence-electron chi connectivity index (χ2n) is 10.1. The highest BCUT2D eigenvalue weighted by atomic mass is 32.2. The van der Waals surface area contributed by atoms with E-state index in [-0.39, 0.29) is 41.1 Å². The van der Waals surface area contributed by atoms with E-state index in [1.807, 2.05) is 4.90 Å². The lowest BCUT2D eigenvalue weighted by atomic mass is 9.93. The highest BCUT2D eigenvalue weighted by Gasteiger charge is 2.46. The summed E-state index contributed by atoms with van der Waals surface area (Å²) in [6.07, 6.45) is 5.32. The van der Waals surface area contributed by atoms with Crippen molar-refractivity contribution in [1.29, 1.82) is 0 Å². The number of nitrogens with one attached hydrogen (secondary N) is 2. The first kappa shape index (κ1) is 27.4. The number of rotatable bonds is 10. The molecule has 0 radical (unpaired) electrons. The van der Waals surface area contributed by atoms with Crippen molar-refractivity contribution in [3.8, 4) is 5.75 Å². The Hall–Kier alpha value is -3.17. The summed E-state index contributed by atoms with van der Waals surface area (Å²) < 4.78 is 72.2. The van der Waals surface area contributed by atoms with E-state index in [0.717, 1.165) is 31.9 Å². The van der Waals surface area contributed by atoms with E-state index in [1.54, 1.807) is 0 Å². The molecule has 5 rings (SSSR count). The Morgan fingerprint density at radius 2 is 1.85 bits per heavy atom. The van der Waals surface area contributed by atoms with Crippen LogP contribution in [0.4, 0.5) is 30.5 Å². The Kier molecular flexibility index (Phi) is 7.33. The van der Waals surface area contributed by atoms with Gasteiger partial charge in [0.15, 0.2) is 16.6 Å². The van der Waals surface area contributed by atoms with Gasteiger partial charge in [-0.15, -0.1) is 0 Å². The van der Waals surface area contributed by atoms with Crippen molar-refractivity contribution in [2.75, 3.05) is 61.3 Å². The lowest BCUT2D eigenvalue weighted by Crippen LogP contribution is -2.56. The Labute approximate surface area is 223 Å². The number of aromatic nitrogens is 2. The number of carbonyl (C=O) groups excluding carboxylic acids is 1. The van der Waals surface area contributed by atoms with Gasteiger partial charge >= 0.3 is 0 Å². The number of alkyl halides is 3. The first-order valence-corrected chi connectivity index (χ1v) is 14.0. The van der Waals surface area contributed by atoms with E-state index >= 15 is 0 Å². The summed E-state index contributed by atoms with van der Waals surface area (Å²) in [7, 11) is -4.03. The summed E-state index contributed by atoms with van der Waals surface area (Å²) in [5, 5.41) is 11.3. The van der Waals surface area contributed by atoms with Crippen molar-refractivity contribution < 1.29 is 36.2 Å². The minimum absolute atomic E-state index is 0.0132. The third-order valence-corrected chi connectivity index (χ3v) is 8.70. The molecule has 1 aliphatic carbocycles. The molecule has 3 N–H and O–H groups in total. The van der Waals surface area contributed by atoms with Gasteiger partial charge in [0.25, 0.3) is 21.9 Å². The molecular weight excluding hydrogens is 541 g/mol. The quantitative estimate of drug-likeness (QED) is 0.392. The fourth-order valence-electron chi connectivity index (χ4n) is 4.91. The van der Waals surface area contributed by atoms with Gasteiger partial charge in [0.2, 0.25) is 6.86 Å². The van der Waals surface area contributed by atoms with Crippen molar-refractivity contribution in [3.05, 3.63) is 30.0 Å². The smallest absolute Gasteiger partial charge is 0.282 e. The largest absolute Gasteiger partial charge is 0.459 e. The van der Waals surface area contributed by atoms with Gasteiger partial charge in [-0.05, 0) is 43.2 Å². The maximum absolute atomic E-state index is 13.5. The summed E-state index contributed by atoms with van der Waals surface area (Å²) >= 11 is 0. The van der Waals surface area contributed by atoms with Gasteiger partial charge in [-0.3, -0.25) is 4.79 Å². The molecular formula is C24H29F3N6O5S. The van der Waals surface area contributed by atoms with E-state index in [1.165, 1.54) is 23.1 Å². The molecule has 0 unspecified atom stereocenters.